The molecule has 2 heterocycles. The summed E-state index contributed by atoms with van der Waals surface area (Å²) >= 11 is 0. The predicted molar refractivity (Wildman–Crippen MR) is 161 cm³/mol. The van der Waals surface area contributed by atoms with Crippen molar-refractivity contribution in [2.45, 2.75) is 20.4 Å². The van der Waals surface area contributed by atoms with E-state index >= 15 is 0 Å². The zero-order valence-electron chi connectivity index (χ0n) is 22.7. The molecule has 0 spiro atoms. The Morgan fingerprint density at radius 2 is 0.875 bits per heavy atom. The summed E-state index contributed by atoms with van der Waals surface area (Å²) in [7, 11) is -2.71. The summed E-state index contributed by atoms with van der Waals surface area (Å²) in [4.78, 5) is 21.0. The van der Waals surface area contributed by atoms with Crippen LogP contribution in [0.3, 0.4) is 0 Å². The maximum Gasteiger partial charge on any atom is 3.00 e. The van der Waals surface area contributed by atoms with Crippen LogP contribution in [-0.2, 0) is 0 Å². The first-order valence-corrected chi connectivity index (χ1v) is 15.0. The van der Waals surface area contributed by atoms with E-state index in [1.807, 2.05) is 117 Å². The minimum Gasteiger partial charge on any atom is -0.871 e. The Morgan fingerprint density at radius 1 is 0.500 bits per heavy atom. The first-order chi connectivity index (χ1) is 18.8. The molecular weight excluding hydrogens is 527 g/mol. The Hall–Kier alpha value is -3.99. The van der Waals surface area contributed by atoms with Gasteiger partial charge in [0.2, 0.25) is 0 Å². The van der Waals surface area contributed by atoms with Gasteiger partial charge in [0.25, 0.3) is 0 Å². The van der Waals surface area contributed by atoms with E-state index < -0.39 is 8.32 Å². The van der Waals surface area contributed by atoms with Crippen LogP contribution in [0.5, 0.6) is 11.5 Å². The van der Waals surface area contributed by atoms with Crippen LogP contribution in [0.4, 0.5) is 0 Å². The standard InChI is InChI=1S/C13H13OSi.2C10H9NO.Al/c1-15(14,12-8-4-2-5-9-12)13-10-6-3-7-11-13;2*1-7-5-6-8-3-2-4-9(12)10(8)11-7;/h2-11H,1H3;2*2-6,12H,1H3;/q-1;;;+3/p-2. The van der Waals surface area contributed by atoms with Crippen LogP contribution in [0.1, 0.15) is 11.4 Å². The fraction of sp³-hybridized carbons (Fsp3) is 0.0909. The smallest absolute Gasteiger partial charge is 0.871 e. The Bertz CT molecular complexity index is 1560. The number of aryl methyl sites for hydroxylation is 2. The number of nitrogens with zero attached hydrogens (tertiary/aromatic N) is 2. The number of benzene rings is 4. The first kappa shape index (κ1) is 30.5. The average Bonchev–Trinajstić information content (AvgIpc) is 2.96. The van der Waals surface area contributed by atoms with Crippen molar-refractivity contribution in [2.24, 2.45) is 0 Å². The molecule has 40 heavy (non-hydrogen) atoms. The van der Waals surface area contributed by atoms with Crippen LogP contribution in [-0.4, -0.2) is 35.6 Å². The van der Waals surface area contributed by atoms with Gasteiger partial charge in [0.05, 0.1) is 11.0 Å². The second-order valence-electron chi connectivity index (χ2n) is 9.33. The van der Waals surface area contributed by atoms with E-state index in [4.69, 9.17) is 0 Å². The third-order valence-electron chi connectivity index (χ3n) is 6.29. The van der Waals surface area contributed by atoms with Crippen molar-refractivity contribution >= 4 is 57.9 Å². The first-order valence-electron chi connectivity index (χ1n) is 12.6. The van der Waals surface area contributed by atoms with Gasteiger partial charge < -0.3 is 15.0 Å². The predicted octanol–water partition coefficient (Wildman–Crippen LogP) is 3.59. The molecule has 6 rings (SSSR count). The van der Waals surface area contributed by atoms with Gasteiger partial charge in [-0.1, -0.05) is 138 Å². The zero-order chi connectivity index (χ0) is 27.8. The van der Waals surface area contributed by atoms with Gasteiger partial charge in [-0.25, -0.2) is 0 Å². The van der Waals surface area contributed by atoms with Gasteiger partial charge in [-0.3, -0.25) is 9.97 Å². The van der Waals surface area contributed by atoms with E-state index in [-0.39, 0.29) is 28.9 Å². The van der Waals surface area contributed by atoms with Crippen LogP contribution in [0, 0.1) is 13.8 Å². The number of para-hydroxylation sites is 2. The fourth-order valence-electron chi connectivity index (χ4n) is 4.11. The van der Waals surface area contributed by atoms with Crippen molar-refractivity contribution in [1.29, 1.82) is 0 Å². The molecule has 0 N–H and O–H groups in total. The Balaban J connectivity index is 0.000000165. The van der Waals surface area contributed by atoms with Crippen LogP contribution in [0.2, 0.25) is 6.55 Å². The van der Waals surface area contributed by atoms with Crippen molar-refractivity contribution in [3.05, 3.63) is 133 Å². The molecule has 6 aromatic rings. The molecule has 0 saturated carbocycles. The van der Waals surface area contributed by atoms with Crippen LogP contribution >= 0.6 is 0 Å². The van der Waals surface area contributed by atoms with E-state index in [9.17, 15) is 15.0 Å². The summed E-state index contributed by atoms with van der Waals surface area (Å²) in [6.07, 6.45) is 0. The number of aromatic nitrogens is 2. The Labute approximate surface area is 246 Å². The van der Waals surface area contributed by atoms with Crippen LogP contribution in [0.25, 0.3) is 21.8 Å². The van der Waals surface area contributed by atoms with Crippen molar-refractivity contribution in [1.82, 2.24) is 9.97 Å². The number of rotatable bonds is 2. The SMILES string of the molecule is C[Si]([O-])(c1ccccc1)c1ccccc1.Cc1ccc2cccc([O-])c2n1.Cc1ccc2cccc([O-])c2n1.[Al+3]. The van der Waals surface area contributed by atoms with Gasteiger partial charge in [-0.15, -0.1) is 0 Å². The van der Waals surface area contributed by atoms with Crippen LogP contribution < -0.4 is 25.4 Å². The molecule has 0 fully saturated rings. The number of pyridine rings is 2. The summed E-state index contributed by atoms with van der Waals surface area (Å²) in [6.45, 7) is 5.61. The number of hydrogen-bond donors (Lipinski definition) is 0. The number of fused-ring (bicyclic) bond motifs is 2. The average molecular weight is 557 g/mol. The molecule has 4 aromatic carbocycles. The molecule has 0 amide bonds. The van der Waals surface area contributed by atoms with Crippen molar-refractivity contribution in [3.63, 3.8) is 0 Å². The van der Waals surface area contributed by atoms with E-state index in [1.165, 1.54) is 12.1 Å². The van der Waals surface area contributed by atoms with Crippen molar-refractivity contribution in [3.8, 4) is 11.5 Å². The third kappa shape index (κ3) is 7.56. The van der Waals surface area contributed by atoms with Crippen molar-refractivity contribution < 1.29 is 15.0 Å². The molecule has 0 bridgehead atoms. The number of hydrogen-bond acceptors (Lipinski definition) is 5. The largest absolute Gasteiger partial charge is 3.00 e. The molecule has 5 nitrogen and oxygen atoms in total. The second kappa shape index (κ2) is 13.9. The Kier molecular flexibility index (Phi) is 10.6. The molecular formula is C33H29AlN2O3Si. The summed E-state index contributed by atoms with van der Waals surface area (Å²) in [5, 5.41) is 26.2. The molecule has 2 aromatic heterocycles. The summed E-state index contributed by atoms with van der Waals surface area (Å²) < 4.78 is 0. The van der Waals surface area contributed by atoms with Gasteiger partial charge in [0.15, 0.2) is 0 Å². The summed E-state index contributed by atoms with van der Waals surface area (Å²) in [5.41, 5.74) is 2.90. The van der Waals surface area contributed by atoms with Gasteiger partial charge in [0.1, 0.15) is 0 Å². The molecule has 0 aliphatic heterocycles. The summed E-state index contributed by atoms with van der Waals surface area (Å²) in [5.74, 6) is -0.00704. The molecule has 0 aliphatic rings. The van der Waals surface area contributed by atoms with E-state index in [1.54, 1.807) is 12.1 Å². The maximum absolute atomic E-state index is 12.6. The molecule has 7 heteroatoms. The van der Waals surface area contributed by atoms with Gasteiger partial charge >= 0.3 is 17.4 Å². The quantitative estimate of drug-likeness (QED) is 0.304. The van der Waals surface area contributed by atoms with Crippen molar-refractivity contribution in [2.75, 3.05) is 0 Å². The fourth-order valence-corrected chi connectivity index (χ4v) is 6.10. The topological polar surface area (TPSA) is 95.0 Å². The van der Waals surface area contributed by atoms with Crippen LogP contribution in [0.15, 0.2) is 121 Å². The van der Waals surface area contributed by atoms with Gasteiger partial charge in [-0.2, -0.15) is 0 Å². The molecule has 196 valence electrons. The van der Waals surface area contributed by atoms with E-state index in [2.05, 4.69) is 9.97 Å². The molecule has 0 aliphatic carbocycles. The molecule has 0 saturated heterocycles. The normalized spacial score (nSPS) is 10.5. The Morgan fingerprint density at radius 3 is 1.25 bits per heavy atom. The second-order valence-corrected chi connectivity index (χ2v) is 12.5. The minimum atomic E-state index is -2.71. The monoisotopic (exact) mass is 556 g/mol. The summed E-state index contributed by atoms with van der Waals surface area (Å²) in [6, 6.07) is 37.4. The third-order valence-corrected chi connectivity index (χ3v) is 9.16. The van der Waals surface area contributed by atoms with Gasteiger partial charge in [0, 0.05) is 19.7 Å². The minimum absolute atomic E-state index is 0. The van der Waals surface area contributed by atoms with Gasteiger partial charge in [-0.05, 0) is 36.8 Å². The maximum atomic E-state index is 12.6. The molecule has 0 atom stereocenters. The van der Waals surface area contributed by atoms with E-state index in [0.29, 0.717) is 11.0 Å². The molecule has 0 unspecified atom stereocenters. The molecule has 0 radical (unpaired) electrons. The zero-order valence-corrected chi connectivity index (χ0v) is 24.9. The van der Waals surface area contributed by atoms with E-state index in [0.717, 1.165) is 32.5 Å².